The zero-order chi connectivity index (χ0) is 14.8. The van der Waals surface area contributed by atoms with E-state index in [1.165, 1.54) is 6.07 Å². The molecule has 1 aromatic heterocycles. The molecule has 0 aliphatic heterocycles. The van der Waals surface area contributed by atoms with Gasteiger partial charge in [-0.1, -0.05) is 0 Å². The van der Waals surface area contributed by atoms with E-state index in [0.29, 0.717) is 18.7 Å². The van der Waals surface area contributed by atoms with Crippen molar-refractivity contribution in [1.29, 1.82) is 0 Å². The molecule has 0 spiro atoms. The molecule has 3 rings (SSSR count). The van der Waals surface area contributed by atoms with Crippen molar-refractivity contribution in [3.8, 4) is 5.75 Å². The Hall–Kier alpha value is -2.36. The Morgan fingerprint density at radius 1 is 1.05 bits per heavy atom. The van der Waals surface area contributed by atoms with Crippen LogP contribution in [0, 0.1) is 11.6 Å². The van der Waals surface area contributed by atoms with Gasteiger partial charge in [0.15, 0.2) is 0 Å². The molecule has 108 valence electrons. The van der Waals surface area contributed by atoms with Crippen molar-refractivity contribution in [2.24, 2.45) is 0 Å². The summed E-state index contributed by atoms with van der Waals surface area (Å²) in [7, 11) is 0. The molecule has 3 aromatic rings. The Balaban J connectivity index is 1.96. The van der Waals surface area contributed by atoms with Gasteiger partial charge in [0.1, 0.15) is 17.4 Å². The monoisotopic (exact) mass is 287 g/mol. The summed E-state index contributed by atoms with van der Waals surface area (Å²) in [4.78, 5) is 0. The first kappa shape index (κ1) is 13.6. The van der Waals surface area contributed by atoms with Crippen LogP contribution in [0.15, 0.2) is 48.7 Å². The van der Waals surface area contributed by atoms with Crippen LogP contribution in [-0.2, 0) is 6.54 Å². The van der Waals surface area contributed by atoms with Crippen LogP contribution < -0.4 is 4.74 Å². The molecule has 0 bridgehead atoms. The predicted molar refractivity (Wildman–Crippen MR) is 78.6 cm³/mol. The first-order chi connectivity index (χ1) is 10.2. The Bertz CT molecular complexity index is 780. The van der Waals surface area contributed by atoms with E-state index in [2.05, 4.69) is 0 Å². The highest BCUT2D eigenvalue weighted by molar-refractivity contribution is 5.81. The Kier molecular flexibility index (Phi) is 3.60. The molecule has 2 nitrogen and oxygen atoms in total. The van der Waals surface area contributed by atoms with Crippen LogP contribution in [0.5, 0.6) is 5.75 Å². The molecular weight excluding hydrogens is 272 g/mol. The van der Waals surface area contributed by atoms with E-state index in [-0.39, 0.29) is 0 Å². The SMILES string of the molecule is CCOc1ccc2c(ccn2Cc2cc(F)ccc2F)c1. The lowest BCUT2D eigenvalue weighted by molar-refractivity contribution is 0.340. The smallest absolute Gasteiger partial charge is 0.128 e. The van der Waals surface area contributed by atoms with Crippen LogP contribution in [0.25, 0.3) is 10.9 Å². The Labute approximate surface area is 121 Å². The highest BCUT2D eigenvalue weighted by Gasteiger charge is 2.08. The van der Waals surface area contributed by atoms with Gasteiger partial charge in [0.25, 0.3) is 0 Å². The van der Waals surface area contributed by atoms with E-state index in [4.69, 9.17) is 4.74 Å². The van der Waals surface area contributed by atoms with Crippen molar-refractivity contribution >= 4 is 10.9 Å². The Morgan fingerprint density at radius 3 is 2.71 bits per heavy atom. The van der Waals surface area contributed by atoms with Gasteiger partial charge in [-0.15, -0.1) is 0 Å². The van der Waals surface area contributed by atoms with E-state index in [0.717, 1.165) is 28.8 Å². The molecule has 2 aromatic carbocycles. The fourth-order valence-corrected chi connectivity index (χ4v) is 2.42. The molecule has 1 heterocycles. The highest BCUT2D eigenvalue weighted by atomic mass is 19.1. The van der Waals surface area contributed by atoms with Gasteiger partial charge in [-0.05, 0) is 49.4 Å². The molecule has 0 amide bonds. The molecule has 0 saturated heterocycles. The second-order valence-corrected chi connectivity index (χ2v) is 4.83. The van der Waals surface area contributed by atoms with Gasteiger partial charge >= 0.3 is 0 Å². The summed E-state index contributed by atoms with van der Waals surface area (Å²) in [5, 5.41) is 1.01. The van der Waals surface area contributed by atoms with Gasteiger partial charge in [0.2, 0.25) is 0 Å². The first-order valence-corrected chi connectivity index (χ1v) is 6.83. The maximum absolute atomic E-state index is 13.7. The van der Waals surface area contributed by atoms with Crippen molar-refractivity contribution in [3.63, 3.8) is 0 Å². The number of ether oxygens (including phenoxy) is 1. The number of rotatable bonds is 4. The summed E-state index contributed by atoms with van der Waals surface area (Å²) in [6, 6.07) is 11.2. The van der Waals surface area contributed by atoms with Gasteiger partial charge < -0.3 is 9.30 Å². The minimum Gasteiger partial charge on any atom is -0.494 e. The molecule has 0 aliphatic carbocycles. The summed E-state index contributed by atoms with van der Waals surface area (Å²) in [6.07, 6.45) is 1.87. The summed E-state index contributed by atoms with van der Waals surface area (Å²) < 4.78 is 34.3. The molecule has 0 atom stereocenters. The molecule has 0 unspecified atom stereocenters. The third-order valence-electron chi connectivity index (χ3n) is 3.40. The fraction of sp³-hybridized carbons (Fsp3) is 0.176. The highest BCUT2D eigenvalue weighted by Crippen LogP contribution is 2.23. The summed E-state index contributed by atoms with van der Waals surface area (Å²) in [5.41, 5.74) is 1.29. The zero-order valence-corrected chi connectivity index (χ0v) is 11.6. The van der Waals surface area contributed by atoms with Crippen LogP contribution in [0.1, 0.15) is 12.5 Å². The maximum atomic E-state index is 13.7. The molecule has 0 saturated carbocycles. The number of benzene rings is 2. The van der Waals surface area contributed by atoms with Crippen LogP contribution >= 0.6 is 0 Å². The second-order valence-electron chi connectivity index (χ2n) is 4.83. The topological polar surface area (TPSA) is 14.2 Å². The van der Waals surface area contributed by atoms with E-state index < -0.39 is 11.6 Å². The molecule has 0 aliphatic rings. The van der Waals surface area contributed by atoms with E-state index in [9.17, 15) is 8.78 Å². The number of fused-ring (bicyclic) bond motifs is 1. The summed E-state index contributed by atoms with van der Waals surface area (Å²) in [6.45, 7) is 2.84. The molecule has 4 heteroatoms. The molecule has 0 radical (unpaired) electrons. The third kappa shape index (κ3) is 2.75. The zero-order valence-electron chi connectivity index (χ0n) is 11.6. The lowest BCUT2D eigenvalue weighted by Crippen LogP contribution is -2.01. The lowest BCUT2D eigenvalue weighted by atomic mass is 10.2. The van der Waals surface area contributed by atoms with Crippen molar-refractivity contribution in [2.45, 2.75) is 13.5 Å². The number of nitrogens with zero attached hydrogens (tertiary/aromatic N) is 1. The van der Waals surface area contributed by atoms with E-state index >= 15 is 0 Å². The van der Waals surface area contributed by atoms with Crippen molar-refractivity contribution in [3.05, 3.63) is 65.9 Å². The van der Waals surface area contributed by atoms with Crippen LogP contribution in [-0.4, -0.2) is 11.2 Å². The van der Waals surface area contributed by atoms with E-state index in [1.807, 2.05) is 42.0 Å². The third-order valence-corrected chi connectivity index (χ3v) is 3.40. The average Bonchev–Trinajstić information content (AvgIpc) is 2.86. The number of hydrogen-bond donors (Lipinski definition) is 0. The lowest BCUT2D eigenvalue weighted by Gasteiger charge is -2.08. The number of halogens is 2. The van der Waals surface area contributed by atoms with Crippen molar-refractivity contribution in [1.82, 2.24) is 4.57 Å². The minimum atomic E-state index is -0.429. The molecule has 0 N–H and O–H groups in total. The van der Waals surface area contributed by atoms with Crippen LogP contribution in [0.2, 0.25) is 0 Å². The quantitative estimate of drug-likeness (QED) is 0.695. The molecule has 0 fully saturated rings. The van der Waals surface area contributed by atoms with Crippen molar-refractivity contribution < 1.29 is 13.5 Å². The average molecular weight is 287 g/mol. The van der Waals surface area contributed by atoms with Crippen LogP contribution in [0.4, 0.5) is 8.78 Å². The van der Waals surface area contributed by atoms with Gasteiger partial charge in [-0.2, -0.15) is 0 Å². The summed E-state index contributed by atoms with van der Waals surface area (Å²) >= 11 is 0. The fourth-order valence-electron chi connectivity index (χ4n) is 2.42. The normalized spacial score (nSPS) is 11.0. The van der Waals surface area contributed by atoms with Gasteiger partial charge in [0, 0.05) is 22.7 Å². The van der Waals surface area contributed by atoms with Gasteiger partial charge in [-0.3, -0.25) is 0 Å². The standard InChI is InChI=1S/C17H15F2NO/c1-2-21-15-4-6-17-12(10-15)7-8-20(17)11-13-9-14(18)3-5-16(13)19/h3-10H,2,11H2,1H3. The number of aromatic nitrogens is 1. The van der Waals surface area contributed by atoms with E-state index in [1.54, 1.807) is 0 Å². The Morgan fingerprint density at radius 2 is 1.90 bits per heavy atom. The van der Waals surface area contributed by atoms with Gasteiger partial charge in [0.05, 0.1) is 13.2 Å². The minimum absolute atomic E-state index is 0.293. The first-order valence-electron chi connectivity index (χ1n) is 6.83. The van der Waals surface area contributed by atoms with Crippen molar-refractivity contribution in [2.75, 3.05) is 6.61 Å². The largest absolute Gasteiger partial charge is 0.494 e. The molecule has 21 heavy (non-hydrogen) atoms. The second kappa shape index (κ2) is 5.56. The van der Waals surface area contributed by atoms with Crippen LogP contribution in [0.3, 0.4) is 0 Å². The van der Waals surface area contributed by atoms with Gasteiger partial charge in [-0.25, -0.2) is 8.78 Å². The molecular formula is C17H15F2NO. The maximum Gasteiger partial charge on any atom is 0.128 e. The summed E-state index contributed by atoms with van der Waals surface area (Å²) in [5.74, 6) is -0.0228. The predicted octanol–water partition coefficient (Wildman–Crippen LogP) is 4.37. The number of hydrogen-bond acceptors (Lipinski definition) is 1.